The van der Waals surface area contributed by atoms with Gasteiger partial charge in [-0.15, -0.1) is 5.10 Å². The SMILES string of the molecule is CCc1nc(C(=O)N2CCCC(N3CCCC3)C2)n[nH]1. The smallest absolute Gasteiger partial charge is 0.293 e. The Morgan fingerprint density at radius 3 is 2.80 bits per heavy atom. The summed E-state index contributed by atoms with van der Waals surface area (Å²) in [6.07, 6.45) is 5.66. The van der Waals surface area contributed by atoms with E-state index in [0.29, 0.717) is 11.9 Å². The Labute approximate surface area is 119 Å². The summed E-state index contributed by atoms with van der Waals surface area (Å²) in [6, 6.07) is 0.528. The second-order valence-corrected chi connectivity index (χ2v) is 5.75. The number of amides is 1. The summed E-state index contributed by atoms with van der Waals surface area (Å²) < 4.78 is 0. The van der Waals surface area contributed by atoms with Gasteiger partial charge in [-0.05, 0) is 38.8 Å². The maximum atomic E-state index is 12.5. The molecule has 2 aliphatic heterocycles. The van der Waals surface area contributed by atoms with E-state index in [0.717, 1.165) is 31.8 Å². The fraction of sp³-hybridized carbons (Fsp3) is 0.786. The molecule has 3 heterocycles. The van der Waals surface area contributed by atoms with Crippen LogP contribution in [0.4, 0.5) is 0 Å². The van der Waals surface area contributed by atoms with E-state index >= 15 is 0 Å². The summed E-state index contributed by atoms with van der Waals surface area (Å²) in [5.74, 6) is 1.08. The first kappa shape index (κ1) is 13.5. The lowest BCUT2D eigenvalue weighted by Crippen LogP contribution is -2.49. The number of aromatic amines is 1. The molecule has 2 fully saturated rings. The average molecular weight is 277 g/mol. The van der Waals surface area contributed by atoms with Crippen LogP contribution in [-0.4, -0.2) is 63.1 Å². The number of hydrogen-bond acceptors (Lipinski definition) is 4. The van der Waals surface area contributed by atoms with Crippen molar-refractivity contribution in [2.45, 2.75) is 45.1 Å². The third-order valence-corrected chi connectivity index (χ3v) is 4.40. The summed E-state index contributed by atoms with van der Waals surface area (Å²) in [4.78, 5) is 21.2. The average Bonchev–Trinajstić information content (AvgIpc) is 3.17. The molecule has 0 radical (unpaired) electrons. The molecule has 0 bridgehead atoms. The van der Waals surface area contributed by atoms with Gasteiger partial charge in [0.25, 0.3) is 5.91 Å². The minimum atomic E-state index is -0.0233. The Morgan fingerprint density at radius 1 is 1.30 bits per heavy atom. The predicted molar refractivity (Wildman–Crippen MR) is 75.5 cm³/mol. The van der Waals surface area contributed by atoms with E-state index in [-0.39, 0.29) is 5.91 Å². The Morgan fingerprint density at radius 2 is 2.10 bits per heavy atom. The molecule has 6 heteroatoms. The van der Waals surface area contributed by atoms with Crippen molar-refractivity contribution in [3.05, 3.63) is 11.6 Å². The summed E-state index contributed by atoms with van der Waals surface area (Å²) in [5, 5.41) is 6.87. The number of aromatic nitrogens is 3. The molecule has 0 aliphatic carbocycles. The molecule has 1 atom stereocenters. The number of nitrogens with one attached hydrogen (secondary N) is 1. The van der Waals surface area contributed by atoms with Crippen LogP contribution in [0.2, 0.25) is 0 Å². The highest BCUT2D eigenvalue weighted by Crippen LogP contribution is 2.21. The number of H-pyrrole nitrogens is 1. The summed E-state index contributed by atoms with van der Waals surface area (Å²) >= 11 is 0. The molecule has 2 aliphatic rings. The topological polar surface area (TPSA) is 65.1 Å². The summed E-state index contributed by atoms with van der Waals surface area (Å²) in [7, 11) is 0. The largest absolute Gasteiger partial charge is 0.334 e. The number of aryl methyl sites for hydroxylation is 1. The number of nitrogens with zero attached hydrogens (tertiary/aromatic N) is 4. The molecular formula is C14H23N5O. The number of likely N-dealkylation sites (tertiary alicyclic amines) is 2. The number of hydrogen-bond donors (Lipinski definition) is 1. The Balaban J connectivity index is 1.65. The van der Waals surface area contributed by atoms with E-state index in [1.165, 1.54) is 32.4 Å². The minimum Gasteiger partial charge on any atom is -0.334 e. The quantitative estimate of drug-likeness (QED) is 0.897. The van der Waals surface area contributed by atoms with Crippen LogP contribution in [-0.2, 0) is 6.42 Å². The Kier molecular flexibility index (Phi) is 4.00. The predicted octanol–water partition coefficient (Wildman–Crippen LogP) is 1.07. The van der Waals surface area contributed by atoms with Gasteiger partial charge >= 0.3 is 0 Å². The van der Waals surface area contributed by atoms with E-state index in [2.05, 4.69) is 20.1 Å². The highest BCUT2D eigenvalue weighted by Gasteiger charge is 2.30. The van der Waals surface area contributed by atoms with Crippen molar-refractivity contribution in [1.82, 2.24) is 25.0 Å². The van der Waals surface area contributed by atoms with Gasteiger partial charge in [0.05, 0.1) is 0 Å². The molecule has 1 unspecified atom stereocenters. The highest BCUT2D eigenvalue weighted by molar-refractivity contribution is 5.90. The van der Waals surface area contributed by atoms with Gasteiger partial charge in [-0.25, -0.2) is 4.98 Å². The van der Waals surface area contributed by atoms with E-state index in [4.69, 9.17) is 0 Å². The number of rotatable bonds is 3. The molecule has 1 amide bonds. The number of carbonyl (C=O) groups excluding carboxylic acids is 1. The standard InChI is InChI=1S/C14H23N5O/c1-2-12-15-13(17-16-12)14(20)19-9-5-6-11(10-19)18-7-3-4-8-18/h11H,2-10H2,1H3,(H,15,16,17). The summed E-state index contributed by atoms with van der Waals surface area (Å²) in [5.41, 5.74) is 0. The second kappa shape index (κ2) is 5.91. The first-order chi connectivity index (χ1) is 9.78. The lowest BCUT2D eigenvalue weighted by Gasteiger charge is -2.37. The van der Waals surface area contributed by atoms with Crippen LogP contribution in [0, 0.1) is 0 Å². The zero-order valence-electron chi connectivity index (χ0n) is 12.1. The Bertz CT molecular complexity index is 466. The van der Waals surface area contributed by atoms with Crippen LogP contribution in [0.15, 0.2) is 0 Å². The van der Waals surface area contributed by atoms with E-state index in [9.17, 15) is 4.79 Å². The maximum Gasteiger partial charge on any atom is 0.293 e. The Hall–Kier alpha value is -1.43. The first-order valence-corrected chi connectivity index (χ1v) is 7.72. The van der Waals surface area contributed by atoms with Crippen molar-refractivity contribution in [1.29, 1.82) is 0 Å². The van der Waals surface area contributed by atoms with Gasteiger partial charge < -0.3 is 4.90 Å². The number of piperidine rings is 1. The monoisotopic (exact) mass is 277 g/mol. The van der Waals surface area contributed by atoms with Gasteiger partial charge in [0, 0.05) is 25.6 Å². The van der Waals surface area contributed by atoms with Crippen molar-refractivity contribution in [3.63, 3.8) is 0 Å². The lowest BCUT2D eigenvalue weighted by molar-refractivity contribution is 0.0596. The van der Waals surface area contributed by atoms with Gasteiger partial charge in [-0.2, -0.15) is 0 Å². The fourth-order valence-corrected chi connectivity index (χ4v) is 3.23. The zero-order valence-corrected chi connectivity index (χ0v) is 12.1. The summed E-state index contributed by atoms with van der Waals surface area (Å²) in [6.45, 7) is 6.04. The van der Waals surface area contributed by atoms with E-state index in [1.807, 2.05) is 11.8 Å². The molecule has 1 N–H and O–H groups in total. The first-order valence-electron chi connectivity index (χ1n) is 7.72. The molecule has 6 nitrogen and oxygen atoms in total. The minimum absolute atomic E-state index is 0.0233. The van der Waals surface area contributed by atoms with Gasteiger partial charge in [0.15, 0.2) is 0 Å². The van der Waals surface area contributed by atoms with Crippen molar-refractivity contribution >= 4 is 5.91 Å². The molecule has 110 valence electrons. The van der Waals surface area contributed by atoms with Crippen LogP contribution in [0.25, 0.3) is 0 Å². The van der Waals surface area contributed by atoms with E-state index < -0.39 is 0 Å². The molecule has 2 saturated heterocycles. The molecular weight excluding hydrogens is 254 g/mol. The van der Waals surface area contributed by atoms with E-state index in [1.54, 1.807) is 0 Å². The van der Waals surface area contributed by atoms with Crippen LogP contribution in [0.1, 0.15) is 49.1 Å². The lowest BCUT2D eigenvalue weighted by atomic mass is 10.0. The van der Waals surface area contributed by atoms with Crippen molar-refractivity contribution in [2.75, 3.05) is 26.2 Å². The molecule has 20 heavy (non-hydrogen) atoms. The molecule has 1 aromatic rings. The third kappa shape index (κ3) is 2.70. The van der Waals surface area contributed by atoms with Gasteiger partial charge in [0.1, 0.15) is 5.82 Å². The third-order valence-electron chi connectivity index (χ3n) is 4.40. The zero-order chi connectivity index (χ0) is 13.9. The molecule has 0 saturated carbocycles. The fourth-order valence-electron chi connectivity index (χ4n) is 3.23. The highest BCUT2D eigenvalue weighted by atomic mass is 16.2. The van der Waals surface area contributed by atoms with Crippen LogP contribution in [0.5, 0.6) is 0 Å². The normalized spacial score (nSPS) is 24.2. The molecule has 0 aromatic carbocycles. The molecule has 1 aromatic heterocycles. The molecule has 0 spiro atoms. The van der Waals surface area contributed by atoms with Crippen molar-refractivity contribution in [3.8, 4) is 0 Å². The van der Waals surface area contributed by atoms with Gasteiger partial charge in [-0.1, -0.05) is 6.92 Å². The van der Waals surface area contributed by atoms with Crippen LogP contribution >= 0.6 is 0 Å². The maximum absolute atomic E-state index is 12.5. The van der Waals surface area contributed by atoms with Gasteiger partial charge in [-0.3, -0.25) is 14.8 Å². The van der Waals surface area contributed by atoms with Crippen LogP contribution < -0.4 is 0 Å². The van der Waals surface area contributed by atoms with Crippen molar-refractivity contribution in [2.24, 2.45) is 0 Å². The second-order valence-electron chi connectivity index (χ2n) is 5.75. The van der Waals surface area contributed by atoms with Crippen molar-refractivity contribution < 1.29 is 4.79 Å². The van der Waals surface area contributed by atoms with Crippen LogP contribution in [0.3, 0.4) is 0 Å². The number of carbonyl (C=O) groups is 1. The van der Waals surface area contributed by atoms with Gasteiger partial charge in [0.2, 0.25) is 5.82 Å². The molecule has 3 rings (SSSR count).